The summed E-state index contributed by atoms with van der Waals surface area (Å²) in [7, 11) is 0. The third-order valence-corrected chi connectivity index (χ3v) is 19.0. The summed E-state index contributed by atoms with van der Waals surface area (Å²) in [6.45, 7) is 6.43. The maximum absolute atomic E-state index is 11.8. The van der Waals surface area contributed by atoms with Crippen LogP contribution >= 0.6 is 0 Å². The predicted molar refractivity (Wildman–Crippen MR) is 236 cm³/mol. The lowest BCUT2D eigenvalue weighted by Gasteiger charge is -2.64. The van der Waals surface area contributed by atoms with Gasteiger partial charge in [0.1, 0.15) is 97.7 Å². The smallest absolute Gasteiger partial charge is 0.187 e. The Kier molecular flexibility index (Phi) is 17.2. The number of rotatable bonds is 14. The van der Waals surface area contributed by atoms with Crippen LogP contribution in [0.15, 0.2) is 0 Å². The first-order valence-electron chi connectivity index (χ1n) is 25.6. The first kappa shape index (κ1) is 54.4. The molecular weight excluding hydrogens is 913 g/mol. The molecule has 0 radical (unpaired) electrons. The molecule has 4 saturated heterocycles. The summed E-state index contributed by atoms with van der Waals surface area (Å²) in [4.78, 5) is 0. The van der Waals surface area contributed by atoms with Crippen molar-refractivity contribution in [3.05, 3.63) is 0 Å². The monoisotopic (exact) mass is 995 g/mol. The highest BCUT2D eigenvalue weighted by atomic mass is 16.7. The van der Waals surface area contributed by atoms with Crippen molar-refractivity contribution in [1.82, 2.24) is 0 Å². The number of fused-ring (bicyclic) bond motifs is 5. The summed E-state index contributed by atoms with van der Waals surface area (Å²) in [6.07, 6.45) is -22.0. The van der Waals surface area contributed by atoms with Crippen LogP contribution in [0.3, 0.4) is 0 Å². The third kappa shape index (κ3) is 9.62. The van der Waals surface area contributed by atoms with E-state index in [1.54, 1.807) is 0 Å². The fourth-order valence-electron chi connectivity index (χ4n) is 15.2. The molecule has 0 bridgehead atoms. The van der Waals surface area contributed by atoms with Gasteiger partial charge >= 0.3 is 0 Å². The summed E-state index contributed by atoms with van der Waals surface area (Å²) in [5.74, 6) is 1.45. The second-order valence-corrected chi connectivity index (χ2v) is 22.5. The molecule has 69 heavy (non-hydrogen) atoms. The lowest BCUT2D eigenvalue weighted by Crippen LogP contribution is -2.66. The molecular formula is C48H82O21. The molecule has 0 aromatic carbocycles. The molecule has 8 fully saturated rings. The summed E-state index contributed by atoms with van der Waals surface area (Å²) in [6, 6.07) is 0. The maximum Gasteiger partial charge on any atom is 0.187 e. The van der Waals surface area contributed by atoms with E-state index in [0.29, 0.717) is 37.0 Å². The van der Waals surface area contributed by atoms with Crippen molar-refractivity contribution in [2.45, 2.75) is 221 Å². The van der Waals surface area contributed by atoms with Crippen LogP contribution in [-0.4, -0.2) is 227 Å². The molecule has 400 valence electrons. The fraction of sp³-hybridized carbons (Fsp3) is 1.00. The van der Waals surface area contributed by atoms with Gasteiger partial charge in [-0.1, -0.05) is 40.5 Å². The highest BCUT2D eigenvalue weighted by molar-refractivity contribution is 5.14. The van der Waals surface area contributed by atoms with E-state index in [9.17, 15) is 71.5 Å². The molecule has 21 nitrogen and oxygen atoms in total. The summed E-state index contributed by atoms with van der Waals surface area (Å²) < 4.78 is 42.4. The van der Waals surface area contributed by atoms with Crippen molar-refractivity contribution in [3.63, 3.8) is 0 Å². The largest absolute Gasteiger partial charge is 0.394 e. The van der Waals surface area contributed by atoms with E-state index in [1.807, 2.05) is 0 Å². The van der Waals surface area contributed by atoms with Crippen molar-refractivity contribution in [2.24, 2.45) is 52.3 Å². The van der Waals surface area contributed by atoms with Crippen LogP contribution in [0.2, 0.25) is 0 Å². The van der Waals surface area contributed by atoms with Gasteiger partial charge < -0.3 is 105 Å². The SMILES string of the molecule is CCC[C@@H](C)[C@H]1CC[C@H]2[C@@H]3CC[C@@H]4C[C@H]([C@@H]5OC(CO)[C@@H](O[C@H]6OC(CO)[C@@H](O)[C@H](O)C6O)[C@H](O)C5O)CC[C@]4(C)[C@H]3C[C@H](O[C@@H]3OC(CO)[C@@H](O[C@H]4OC(CO)[C@@H](O)[C@H](O)C4O)[C@H](O)C3O)[C@]12C. The van der Waals surface area contributed by atoms with Crippen molar-refractivity contribution < 1.29 is 105 Å². The summed E-state index contributed by atoms with van der Waals surface area (Å²) in [5, 5.41) is 150. The minimum Gasteiger partial charge on any atom is -0.394 e. The number of aliphatic hydroxyl groups is 14. The Morgan fingerprint density at radius 3 is 1.58 bits per heavy atom. The molecule has 0 spiro atoms. The summed E-state index contributed by atoms with van der Waals surface area (Å²) in [5.41, 5.74) is -0.533. The fourth-order valence-corrected chi connectivity index (χ4v) is 15.2. The van der Waals surface area contributed by atoms with E-state index < -0.39 is 155 Å². The van der Waals surface area contributed by atoms with Gasteiger partial charge in [-0.05, 0) is 98.2 Å². The number of hydrogen-bond donors (Lipinski definition) is 14. The molecule has 4 aliphatic heterocycles. The van der Waals surface area contributed by atoms with Gasteiger partial charge in [-0.15, -0.1) is 0 Å². The Bertz CT molecular complexity index is 1660. The van der Waals surface area contributed by atoms with Gasteiger partial charge in [-0.3, -0.25) is 0 Å². The number of aliphatic hydroxyl groups excluding tert-OH is 14. The van der Waals surface area contributed by atoms with Crippen LogP contribution in [0.5, 0.6) is 0 Å². The van der Waals surface area contributed by atoms with Crippen LogP contribution in [0.4, 0.5) is 0 Å². The van der Waals surface area contributed by atoms with Gasteiger partial charge in [-0.25, -0.2) is 0 Å². The molecule has 21 heteroatoms. The first-order valence-corrected chi connectivity index (χ1v) is 25.6. The highest BCUT2D eigenvalue weighted by Gasteiger charge is 2.66. The molecule has 0 amide bonds. The molecule has 0 aromatic heterocycles. The second kappa shape index (κ2) is 21.8. The van der Waals surface area contributed by atoms with E-state index in [-0.39, 0.29) is 34.5 Å². The van der Waals surface area contributed by atoms with Gasteiger partial charge in [0.15, 0.2) is 18.9 Å². The Morgan fingerprint density at radius 1 is 0.522 bits per heavy atom. The van der Waals surface area contributed by atoms with Crippen LogP contribution in [0.1, 0.15) is 91.9 Å². The second-order valence-electron chi connectivity index (χ2n) is 22.5. The lowest BCUT2D eigenvalue weighted by molar-refractivity contribution is -0.369. The van der Waals surface area contributed by atoms with E-state index in [4.69, 9.17) is 33.2 Å². The normalized spacial score (nSPS) is 55.1. The minimum atomic E-state index is -1.79. The van der Waals surface area contributed by atoms with Gasteiger partial charge in [0.25, 0.3) is 0 Å². The van der Waals surface area contributed by atoms with Gasteiger partial charge in [-0.2, -0.15) is 0 Å². The van der Waals surface area contributed by atoms with E-state index in [2.05, 4.69) is 27.7 Å². The number of ether oxygens (including phenoxy) is 7. The minimum absolute atomic E-state index is 0.173. The molecule has 30 atom stereocenters. The molecule has 8 aliphatic rings. The maximum atomic E-state index is 11.8. The Morgan fingerprint density at radius 2 is 1.03 bits per heavy atom. The zero-order valence-electron chi connectivity index (χ0n) is 40.2. The third-order valence-electron chi connectivity index (χ3n) is 19.0. The van der Waals surface area contributed by atoms with Crippen molar-refractivity contribution >= 4 is 0 Å². The van der Waals surface area contributed by atoms with Crippen LogP contribution in [0, 0.1) is 52.3 Å². The zero-order valence-corrected chi connectivity index (χ0v) is 40.2. The van der Waals surface area contributed by atoms with Gasteiger partial charge in [0, 0.05) is 5.41 Å². The topological polar surface area (TPSA) is 348 Å². The Balaban J connectivity index is 0.990. The van der Waals surface area contributed by atoms with Gasteiger partial charge in [0.2, 0.25) is 0 Å². The van der Waals surface area contributed by atoms with Gasteiger partial charge in [0.05, 0.1) is 38.6 Å². The highest BCUT2D eigenvalue weighted by Crippen LogP contribution is 2.69. The van der Waals surface area contributed by atoms with E-state index in [0.717, 1.165) is 44.9 Å². The average Bonchev–Trinajstić information content (AvgIpc) is 3.71. The van der Waals surface area contributed by atoms with Crippen LogP contribution < -0.4 is 0 Å². The zero-order chi connectivity index (χ0) is 50.0. The molecule has 14 N–H and O–H groups in total. The van der Waals surface area contributed by atoms with Crippen LogP contribution in [0.25, 0.3) is 0 Å². The molecule has 0 aromatic rings. The first-order chi connectivity index (χ1) is 32.8. The quantitative estimate of drug-likeness (QED) is 0.0771. The molecule has 4 aliphatic carbocycles. The van der Waals surface area contributed by atoms with E-state index >= 15 is 0 Å². The Hall–Kier alpha value is -0.840. The van der Waals surface area contributed by atoms with Crippen molar-refractivity contribution in [3.8, 4) is 0 Å². The standard InChI is InChI=1S/C48H82O21/c1-5-6-19(2)23-9-10-24-22-8-7-21-13-20(41-35(57)36(58)42(28(17-51)63-41)68-45-38(60)33(55)31(53)26(15-49)64-45)11-12-47(21,3)25(22)14-30(48(23,24)4)67-44-40(62)37(59)43(29(18-52)66-44)69-46-39(61)34(56)32(54)27(16-50)65-46/h19-46,49-62H,5-18H2,1-4H3/t19-,20-,21-,22+,23-,24+,25+,26?,27?,28?,29?,30+,31-,32-,33+,34+,35?,36-,37-,38?,39?,40?,41+,42-,43-,44+,45-,46-,47+,48-/m1/s1. The predicted octanol–water partition coefficient (Wildman–Crippen LogP) is -3.02. The molecule has 4 heterocycles. The lowest BCUT2D eigenvalue weighted by atomic mass is 9.43. The van der Waals surface area contributed by atoms with E-state index in [1.165, 1.54) is 0 Å². The summed E-state index contributed by atoms with van der Waals surface area (Å²) >= 11 is 0. The average molecular weight is 995 g/mol. The molecule has 4 saturated carbocycles. The van der Waals surface area contributed by atoms with Crippen molar-refractivity contribution in [2.75, 3.05) is 26.4 Å². The van der Waals surface area contributed by atoms with Crippen molar-refractivity contribution in [1.29, 1.82) is 0 Å². The van der Waals surface area contributed by atoms with Crippen LogP contribution in [-0.2, 0) is 33.2 Å². The molecule has 8 rings (SSSR count). The Labute approximate surface area is 403 Å². The molecule has 8 unspecified atom stereocenters. The number of hydrogen-bond acceptors (Lipinski definition) is 21.